The van der Waals surface area contributed by atoms with Gasteiger partial charge in [-0.15, -0.1) is 0 Å². The van der Waals surface area contributed by atoms with Gasteiger partial charge in [0.25, 0.3) is 5.69 Å². The first-order chi connectivity index (χ1) is 16.7. The molecule has 186 valence electrons. The molecule has 2 aliphatic rings. The van der Waals surface area contributed by atoms with Crippen molar-refractivity contribution in [2.45, 2.75) is 32.6 Å². The summed E-state index contributed by atoms with van der Waals surface area (Å²) >= 11 is 0. The summed E-state index contributed by atoms with van der Waals surface area (Å²) in [4.78, 5) is 40.5. The Hall–Kier alpha value is -3.62. The standard InChI is InChI=1S/C26H31N3O6/c1-16-5-8-19-20(13-16)26(31)28(25(19)30)18-7-9-21(22(15-18)29(32)33)27(2)12-11-17-6-10-23(34-3)24(14-17)35-4/h6-7,9-10,14-16,19-20H,5,8,11-13H2,1-4H3/t16-,19+,20+/m0/s1. The van der Waals surface area contributed by atoms with Crippen molar-refractivity contribution in [3.63, 3.8) is 0 Å². The minimum absolute atomic E-state index is 0.138. The number of benzene rings is 2. The second-order valence-corrected chi connectivity index (χ2v) is 9.43. The zero-order valence-corrected chi connectivity index (χ0v) is 20.5. The number of hydrogen-bond acceptors (Lipinski definition) is 7. The zero-order chi connectivity index (χ0) is 25.3. The second-order valence-electron chi connectivity index (χ2n) is 9.43. The first-order valence-corrected chi connectivity index (χ1v) is 11.8. The van der Waals surface area contributed by atoms with Crippen molar-refractivity contribution in [1.82, 2.24) is 0 Å². The van der Waals surface area contributed by atoms with E-state index in [1.165, 1.54) is 6.07 Å². The van der Waals surface area contributed by atoms with Crippen molar-refractivity contribution >= 4 is 28.9 Å². The quantitative estimate of drug-likeness (QED) is 0.316. The maximum absolute atomic E-state index is 13.1. The van der Waals surface area contributed by atoms with Gasteiger partial charge in [-0.05, 0) is 61.4 Å². The van der Waals surface area contributed by atoms with E-state index in [4.69, 9.17) is 9.47 Å². The Bertz CT molecular complexity index is 1150. The summed E-state index contributed by atoms with van der Waals surface area (Å²) in [5.74, 6) is 0.528. The van der Waals surface area contributed by atoms with E-state index in [0.717, 1.165) is 16.9 Å². The van der Waals surface area contributed by atoms with Crippen molar-refractivity contribution in [3.05, 3.63) is 52.1 Å². The maximum atomic E-state index is 13.1. The first kappa shape index (κ1) is 24.5. The molecule has 0 unspecified atom stereocenters. The number of rotatable bonds is 8. The zero-order valence-electron chi connectivity index (χ0n) is 20.5. The highest BCUT2D eigenvalue weighted by atomic mass is 16.6. The van der Waals surface area contributed by atoms with Crippen molar-refractivity contribution in [1.29, 1.82) is 0 Å². The van der Waals surface area contributed by atoms with Gasteiger partial charge >= 0.3 is 0 Å². The van der Waals surface area contributed by atoms with E-state index in [9.17, 15) is 19.7 Å². The molecular formula is C26H31N3O6. The number of amides is 2. The summed E-state index contributed by atoms with van der Waals surface area (Å²) in [5, 5.41) is 11.9. The summed E-state index contributed by atoms with van der Waals surface area (Å²) in [6.07, 6.45) is 2.91. The fraction of sp³-hybridized carbons (Fsp3) is 0.462. The number of carbonyl (C=O) groups excluding carboxylic acids is 2. The molecule has 2 amide bonds. The number of imide groups is 1. The molecule has 2 aromatic rings. The highest BCUT2D eigenvalue weighted by Gasteiger charge is 2.50. The van der Waals surface area contributed by atoms with Gasteiger partial charge in [-0.1, -0.05) is 13.0 Å². The Kier molecular flexibility index (Phi) is 6.95. The number of fused-ring (bicyclic) bond motifs is 1. The minimum Gasteiger partial charge on any atom is -0.493 e. The molecule has 1 saturated heterocycles. The average molecular weight is 482 g/mol. The van der Waals surface area contributed by atoms with Crippen LogP contribution in [0, 0.1) is 27.9 Å². The number of ether oxygens (including phenoxy) is 2. The van der Waals surface area contributed by atoms with Gasteiger partial charge < -0.3 is 14.4 Å². The highest BCUT2D eigenvalue weighted by Crippen LogP contribution is 2.43. The lowest BCUT2D eigenvalue weighted by molar-refractivity contribution is -0.384. The molecule has 1 heterocycles. The van der Waals surface area contributed by atoms with E-state index in [1.54, 1.807) is 38.3 Å². The second kappa shape index (κ2) is 9.93. The van der Waals surface area contributed by atoms with Crippen molar-refractivity contribution in [3.8, 4) is 11.5 Å². The van der Waals surface area contributed by atoms with Crippen molar-refractivity contribution < 1.29 is 24.0 Å². The molecular weight excluding hydrogens is 450 g/mol. The summed E-state index contributed by atoms with van der Waals surface area (Å²) < 4.78 is 10.6. The van der Waals surface area contributed by atoms with Crippen LogP contribution < -0.4 is 19.3 Å². The number of carbonyl (C=O) groups is 2. The molecule has 0 bridgehead atoms. The van der Waals surface area contributed by atoms with Gasteiger partial charge in [-0.2, -0.15) is 0 Å². The Morgan fingerprint density at radius 1 is 1.03 bits per heavy atom. The molecule has 4 rings (SSSR count). The van der Waals surface area contributed by atoms with Gasteiger partial charge in [0.1, 0.15) is 5.69 Å². The van der Waals surface area contributed by atoms with E-state index in [1.807, 2.05) is 18.2 Å². The summed E-state index contributed by atoms with van der Waals surface area (Å²) in [5.41, 5.74) is 1.55. The molecule has 2 aromatic carbocycles. The molecule has 0 N–H and O–H groups in total. The summed E-state index contributed by atoms with van der Waals surface area (Å²) in [6, 6.07) is 10.2. The molecule has 0 radical (unpaired) electrons. The summed E-state index contributed by atoms with van der Waals surface area (Å²) in [6.45, 7) is 2.60. The lowest BCUT2D eigenvalue weighted by Crippen LogP contribution is -2.31. The molecule has 35 heavy (non-hydrogen) atoms. The number of nitro groups is 1. The van der Waals surface area contributed by atoms with Crippen LogP contribution in [-0.4, -0.2) is 44.5 Å². The third kappa shape index (κ3) is 4.67. The number of hydrogen-bond donors (Lipinski definition) is 0. The van der Waals surface area contributed by atoms with Crippen LogP contribution in [0.5, 0.6) is 11.5 Å². The smallest absolute Gasteiger partial charge is 0.294 e. The van der Waals surface area contributed by atoms with E-state index < -0.39 is 4.92 Å². The third-order valence-electron chi connectivity index (χ3n) is 7.20. The van der Waals surface area contributed by atoms with Crippen LogP contribution in [0.25, 0.3) is 0 Å². The van der Waals surface area contributed by atoms with Crippen LogP contribution in [0.2, 0.25) is 0 Å². The van der Waals surface area contributed by atoms with E-state index >= 15 is 0 Å². The Balaban J connectivity index is 1.54. The van der Waals surface area contributed by atoms with Gasteiger partial charge in [0, 0.05) is 19.7 Å². The van der Waals surface area contributed by atoms with Gasteiger partial charge in [0.15, 0.2) is 11.5 Å². The van der Waals surface area contributed by atoms with Gasteiger partial charge in [0.2, 0.25) is 11.8 Å². The van der Waals surface area contributed by atoms with E-state index in [0.29, 0.717) is 48.9 Å². The van der Waals surface area contributed by atoms with E-state index in [2.05, 4.69) is 6.92 Å². The number of methoxy groups -OCH3 is 2. The van der Waals surface area contributed by atoms with Gasteiger partial charge in [-0.3, -0.25) is 19.7 Å². The molecule has 1 saturated carbocycles. The fourth-order valence-electron chi connectivity index (χ4n) is 5.22. The van der Waals surface area contributed by atoms with Gasteiger partial charge in [0.05, 0.1) is 36.7 Å². The van der Waals surface area contributed by atoms with Crippen LogP contribution in [0.15, 0.2) is 36.4 Å². The van der Waals surface area contributed by atoms with Crippen LogP contribution in [0.1, 0.15) is 31.7 Å². The molecule has 3 atom stereocenters. The monoisotopic (exact) mass is 481 g/mol. The van der Waals surface area contributed by atoms with Crippen LogP contribution in [0.3, 0.4) is 0 Å². The van der Waals surface area contributed by atoms with Crippen LogP contribution >= 0.6 is 0 Å². The Labute approximate surface area is 204 Å². The number of anilines is 2. The molecule has 1 aliphatic carbocycles. The first-order valence-electron chi connectivity index (χ1n) is 11.8. The minimum atomic E-state index is -0.466. The number of nitro benzene ring substituents is 1. The van der Waals surface area contributed by atoms with Crippen molar-refractivity contribution in [2.24, 2.45) is 17.8 Å². The molecule has 2 fully saturated rings. The molecule has 1 aliphatic heterocycles. The maximum Gasteiger partial charge on any atom is 0.294 e. The van der Waals surface area contributed by atoms with Crippen LogP contribution in [-0.2, 0) is 16.0 Å². The fourth-order valence-corrected chi connectivity index (χ4v) is 5.22. The van der Waals surface area contributed by atoms with Crippen LogP contribution in [0.4, 0.5) is 17.1 Å². The average Bonchev–Trinajstić information content (AvgIpc) is 3.10. The highest BCUT2D eigenvalue weighted by molar-refractivity contribution is 6.22. The largest absolute Gasteiger partial charge is 0.493 e. The third-order valence-corrected chi connectivity index (χ3v) is 7.20. The van der Waals surface area contributed by atoms with Crippen molar-refractivity contribution in [2.75, 3.05) is 37.6 Å². The molecule has 9 nitrogen and oxygen atoms in total. The molecule has 0 spiro atoms. The van der Waals surface area contributed by atoms with E-state index in [-0.39, 0.29) is 35.0 Å². The normalized spacial score (nSPS) is 21.6. The Morgan fingerprint density at radius 2 is 1.74 bits per heavy atom. The Morgan fingerprint density at radius 3 is 2.43 bits per heavy atom. The van der Waals surface area contributed by atoms with Gasteiger partial charge in [-0.25, -0.2) is 4.90 Å². The lowest BCUT2D eigenvalue weighted by atomic mass is 9.76. The predicted octanol–water partition coefficient (Wildman–Crippen LogP) is 4.22. The number of nitrogens with zero attached hydrogens (tertiary/aromatic N) is 3. The topological polar surface area (TPSA) is 102 Å². The predicted molar refractivity (Wildman–Crippen MR) is 132 cm³/mol. The molecule has 9 heteroatoms. The lowest BCUT2D eigenvalue weighted by Gasteiger charge is -2.25. The SMILES string of the molecule is COc1ccc(CCN(C)c2ccc(N3C(=O)[C@@H]4CC[C@H](C)C[C@H]4C3=O)cc2[N+](=O)[O-])cc1OC. The molecule has 0 aromatic heterocycles. The number of likely N-dealkylation sites (N-methyl/N-ethyl adjacent to an activating group) is 1. The summed E-state index contributed by atoms with van der Waals surface area (Å²) in [7, 11) is 4.93.